The number of carboxylic acid groups (broad SMARTS) is 3. The molecule has 54 nitrogen and oxygen atoms in total. The Balaban J connectivity index is 0.000000177. The van der Waals surface area contributed by atoms with E-state index in [4.69, 9.17) is 63.1 Å². The molecule has 3 aliphatic heterocycles. The van der Waals surface area contributed by atoms with Crippen molar-refractivity contribution in [2.45, 2.75) is 164 Å². The van der Waals surface area contributed by atoms with Crippen LogP contribution in [0.1, 0.15) is 124 Å². The number of β-lactam (4-membered cyclic amide) rings is 3. The number of oxime groups is 3. The van der Waals surface area contributed by atoms with Crippen LogP contribution < -0.4 is 48.6 Å². The fraction of sp³-hybridized carbons (Fsp3) is 0.400. The number of hydrogen-bond donors (Lipinski definition) is 12. The molecular formula is C80H91N27O27S6. The maximum atomic E-state index is 13.5. The van der Waals surface area contributed by atoms with E-state index in [9.17, 15) is 97.4 Å². The monoisotopic (exact) mass is 2050 g/mol. The molecule has 744 valence electrons. The number of nitrogen functional groups attached to an aromatic ring is 3. The summed E-state index contributed by atoms with van der Waals surface area (Å²) in [5.74, 6) is -11.4. The van der Waals surface area contributed by atoms with E-state index in [1.54, 1.807) is 72.8 Å². The summed E-state index contributed by atoms with van der Waals surface area (Å²) in [6.07, 6.45) is 12.2. The smallest absolute Gasteiger partial charge is 0.362 e. The minimum absolute atomic E-state index is 0.0544. The SMILES string of the molecule is NC(=NC1CCC1)c1ccc(OC[C@H](O/N=C(\C(=O)C[C@@H]2C(=O)N(S(=O)(=O)O)[C@@H]2Cn2cncn2)c2csc(N)n2)C(=O)O)cc1.NC(=NC1CCCC1)c1ccc(OC[C@H](O/N=C(\C(=O)C[C@@H]2C(=O)N(S(=O)(=O)O)[C@@H]2Cn2cncn2)c2csc(N)n2)C(=O)O)cc1.NC(=NC1CCCC1)c1ccc(OC[C@H](O/N=C(\C(=O)C[C@@H]2C(=O)N(S(=O)(=O)O)[C@@H]2Cn2cncn2)c2csc(N)n2)C(=O)O)cc1. The van der Waals surface area contributed by atoms with E-state index in [2.05, 4.69) is 75.6 Å². The number of amidine groups is 3. The Morgan fingerprint density at radius 2 is 0.650 bits per heavy atom. The van der Waals surface area contributed by atoms with E-state index in [-0.39, 0.29) is 83.2 Å². The van der Waals surface area contributed by atoms with Gasteiger partial charge in [-0.1, -0.05) is 41.2 Å². The first-order valence-electron chi connectivity index (χ1n) is 42.4. The summed E-state index contributed by atoms with van der Waals surface area (Å²) in [7, 11) is -14.8. The molecule has 3 amide bonds. The molecule has 140 heavy (non-hydrogen) atoms. The number of thiazole rings is 3. The molecule has 15 rings (SSSR count). The highest BCUT2D eigenvalue weighted by Gasteiger charge is 2.57. The van der Waals surface area contributed by atoms with Crippen molar-refractivity contribution < 1.29 is 126 Å². The van der Waals surface area contributed by atoms with Crippen molar-refractivity contribution in [2.24, 2.45) is 65.4 Å². The summed E-state index contributed by atoms with van der Waals surface area (Å²) in [6, 6.07) is 16.8. The van der Waals surface area contributed by atoms with Crippen molar-refractivity contribution in [1.29, 1.82) is 0 Å². The second kappa shape index (κ2) is 45.6. The Morgan fingerprint density at radius 1 is 0.400 bits per heavy atom. The van der Waals surface area contributed by atoms with Crippen LogP contribution in [-0.2, 0) is 108 Å². The minimum atomic E-state index is -4.94. The number of nitrogens with zero attached hydrogens (tertiary/aromatic N) is 21. The molecule has 6 aliphatic rings. The molecule has 3 saturated carbocycles. The maximum absolute atomic E-state index is 13.5. The van der Waals surface area contributed by atoms with E-state index >= 15 is 0 Å². The number of ether oxygens (including phenoxy) is 3. The first-order valence-corrected chi connectivity index (χ1v) is 49.3. The lowest BCUT2D eigenvalue weighted by molar-refractivity contribution is -0.153. The molecule has 60 heteroatoms. The molecule has 6 aromatic heterocycles. The Kier molecular flexibility index (Phi) is 33.4. The number of ketones is 3. The summed E-state index contributed by atoms with van der Waals surface area (Å²) in [5.41, 5.74) is 36.1. The molecule has 3 saturated heterocycles. The molecule has 9 heterocycles. The zero-order valence-electron chi connectivity index (χ0n) is 73.3. The first-order chi connectivity index (χ1) is 66.7. The molecule has 0 unspecified atom stereocenters. The van der Waals surface area contributed by atoms with Crippen LogP contribution in [0.2, 0.25) is 0 Å². The summed E-state index contributed by atoms with van der Waals surface area (Å²) in [6.45, 7) is -2.11. The number of rotatable bonds is 45. The van der Waals surface area contributed by atoms with Crippen molar-refractivity contribution in [3.05, 3.63) is 161 Å². The van der Waals surface area contributed by atoms with Gasteiger partial charge in [-0.3, -0.25) is 71.4 Å². The largest absolute Gasteiger partial charge is 0.489 e. The van der Waals surface area contributed by atoms with Gasteiger partial charge in [-0.15, -0.1) is 34.0 Å². The lowest BCUT2D eigenvalue weighted by Gasteiger charge is -2.43. The molecule has 3 aliphatic carbocycles. The standard InChI is InChI=1S/2C27H31N9O9S2.C26H29N9O9S2/c2*28-24(32-16-3-1-2-4-16)15-5-7-17(8-6-15)44-11-22(26(39)40)45-34-23(19-12-46-27(29)33-19)21(37)9-18-20(10-35-14-30-13-31-35)36(25(18)38)47(41,42)43;27-23(31-15-2-1-3-15)14-4-6-16(7-5-14)43-10-21(25(38)39)44-33-22(18-11-45-26(28)32-18)20(36)8-17-19(9-34-13-29-12-30-34)35(24(17)37)46(40,41)42/h2*5-8,12-14,16,18,20,22H,1-4,9-11H2,(H2,28,32)(H2,29,33)(H,39,40)(H,41,42,43);4-7,11-13,15,17,19,21H,1-3,8-10H2,(H2,27,31)(H2,28,32)(H,38,39)(H,40,41,42)/b2*34-23-;33-22-/t2*18-,20+,22-;17-,19+,21-/m000/s1. The number of nitrogens with two attached hydrogens (primary N) is 6. The summed E-state index contributed by atoms with van der Waals surface area (Å²) in [4.78, 5) is 167. The summed E-state index contributed by atoms with van der Waals surface area (Å²) >= 11 is 2.91. The quantitative estimate of drug-likeness (QED) is 0.00837. The fourth-order valence-electron chi connectivity index (χ4n) is 15.1. The molecule has 0 spiro atoms. The van der Waals surface area contributed by atoms with Gasteiger partial charge in [0.15, 0.2) is 49.9 Å². The van der Waals surface area contributed by atoms with Crippen LogP contribution in [0.4, 0.5) is 15.4 Å². The Bertz CT molecular complexity index is 6270. The van der Waals surface area contributed by atoms with Gasteiger partial charge in [0.1, 0.15) is 110 Å². The van der Waals surface area contributed by atoms with Crippen molar-refractivity contribution in [1.82, 2.24) is 72.2 Å². The first kappa shape index (κ1) is 103. The lowest BCUT2D eigenvalue weighted by atomic mass is 9.84. The van der Waals surface area contributed by atoms with E-state index in [1.165, 1.54) is 68.1 Å². The van der Waals surface area contributed by atoms with Crippen molar-refractivity contribution in [2.75, 3.05) is 37.0 Å². The predicted octanol–water partition coefficient (Wildman–Crippen LogP) is 1.13. The average Bonchev–Trinajstić information content (AvgIpc) is 0.951. The van der Waals surface area contributed by atoms with E-state index in [0.717, 1.165) is 105 Å². The van der Waals surface area contributed by atoms with Crippen LogP contribution >= 0.6 is 34.0 Å². The fourth-order valence-corrected chi connectivity index (χ4v) is 19.5. The van der Waals surface area contributed by atoms with Crippen LogP contribution in [0.25, 0.3) is 0 Å². The number of benzene rings is 3. The van der Waals surface area contributed by atoms with Gasteiger partial charge in [-0.25, -0.2) is 57.2 Å². The van der Waals surface area contributed by atoms with E-state index < -0.39 is 194 Å². The molecule has 0 bridgehead atoms. The molecule has 9 aromatic rings. The molecular weight excluding hydrogens is 1960 g/mol. The number of aliphatic carboxylic acids is 3. The van der Waals surface area contributed by atoms with Gasteiger partial charge >= 0.3 is 48.8 Å². The van der Waals surface area contributed by atoms with Crippen LogP contribution in [0.3, 0.4) is 0 Å². The number of carbonyl (C=O) groups excluding carboxylic acids is 6. The molecule has 18 N–H and O–H groups in total. The van der Waals surface area contributed by atoms with Gasteiger partial charge in [-0.2, -0.15) is 40.5 Å². The van der Waals surface area contributed by atoms with E-state index in [1.807, 2.05) is 0 Å². The Morgan fingerprint density at radius 3 is 0.850 bits per heavy atom. The molecule has 3 aromatic carbocycles. The number of carboxylic acids is 3. The van der Waals surface area contributed by atoms with Crippen LogP contribution in [-0.4, -0.2) is 288 Å². The Labute approximate surface area is 805 Å². The zero-order chi connectivity index (χ0) is 100. The number of amides is 3. The third-order valence-corrected chi connectivity index (χ3v) is 27.3. The van der Waals surface area contributed by atoms with E-state index in [0.29, 0.717) is 51.4 Å². The summed E-state index contributed by atoms with van der Waals surface area (Å²) in [5, 5.41) is 56.5. The van der Waals surface area contributed by atoms with Crippen LogP contribution in [0, 0.1) is 17.8 Å². The third-order valence-electron chi connectivity index (χ3n) is 22.5. The zero-order valence-corrected chi connectivity index (χ0v) is 78.2. The van der Waals surface area contributed by atoms with Gasteiger partial charge in [0.25, 0.3) is 18.3 Å². The second-order valence-electron chi connectivity index (χ2n) is 31.9. The van der Waals surface area contributed by atoms with Gasteiger partial charge in [0.2, 0.25) is 17.7 Å². The minimum Gasteiger partial charge on any atom is -0.489 e. The number of carbonyl (C=O) groups is 9. The third kappa shape index (κ3) is 26.5. The normalized spacial score (nSPS) is 19.7. The van der Waals surface area contributed by atoms with Crippen LogP contribution in [0.5, 0.6) is 17.2 Å². The predicted molar refractivity (Wildman–Crippen MR) is 493 cm³/mol. The van der Waals surface area contributed by atoms with Gasteiger partial charge < -0.3 is 78.4 Å². The van der Waals surface area contributed by atoms with Crippen molar-refractivity contribution in [3.63, 3.8) is 0 Å². The highest BCUT2D eigenvalue weighted by Crippen LogP contribution is 2.38. The molecule has 9 atom stereocenters. The highest BCUT2D eigenvalue weighted by molar-refractivity contribution is 7.84. The number of Topliss-reactive ketones (excluding diaryl/α,β-unsaturated/α-hetero) is 3. The van der Waals surface area contributed by atoms with Crippen LogP contribution in [0.15, 0.2) is 157 Å². The van der Waals surface area contributed by atoms with Gasteiger partial charge in [0.05, 0.1) is 73.6 Å². The molecule has 0 radical (unpaired) electrons. The second-order valence-corrected chi connectivity index (χ2v) is 38.5. The maximum Gasteiger partial charge on any atom is 0.362 e. The summed E-state index contributed by atoms with van der Waals surface area (Å²) < 4.78 is 121. The highest BCUT2D eigenvalue weighted by atomic mass is 32.2. The van der Waals surface area contributed by atoms with Gasteiger partial charge in [-0.05, 0) is 118 Å². The number of anilines is 3. The van der Waals surface area contributed by atoms with Gasteiger partial charge in [0, 0.05) is 52.1 Å². The number of aliphatic imine (C=N–C) groups is 3. The molecule has 6 fully saturated rings. The number of aromatic nitrogens is 12. The van der Waals surface area contributed by atoms with Crippen molar-refractivity contribution >= 4 is 168 Å². The van der Waals surface area contributed by atoms with Crippen molar-refractivity contribution in [3.8, 4) is 17.2 Å². The lowest BCUT2D eigenvalue weighted by Crippen LogP contribution is -2.64. The Hall–Kier alpha value is -14.9. The average molecular weight is 2060 g/mol. The number of hydrogen-bond acceptors (Lipinski definition) is 42. The topological polar surface area (TPSA) is 804 Å².